The van der Waals surface area contributed by atoms with Gasteiger partial charge in [0.25, 0.3) is 5.91 Å². The number of hydrogen-bond acceptors (Lipinski definition) is 5. The van der Waals surface area contributed by atoms with Crippen molar-refractivity contribution in [2.24, 2.45) is 0 Å². The number of aromatic nitrogens is 1. The summed E-state index contributed by atoms with van der Waals surface area (Å²) in [7, 11) is 0. The minimum atomic E-state index is -0.754. The lowest BCUT2D eigenvalue weighted by molar-refractivity contribution is -0.112. The van der Waals surface area contributed by atoms with Crippen LogP contribution in [-0.2, 0) is 24.3 Å². The van der Waals surface area contributed by atoms with E-state index in [1.807, 2.05) is 37.3 Å². The molecule has 37 heavy (non-hydrogen) atoms. The number of aryl methyl sites for hydroxylation is 1. The van der Waals surface area contributed by atoms with Crippen molar-refractivity contribution >= 4 is 11.7 Å². The summed E-state index contributed by atoms with van der Waals surface area (Å²) in [6.45, 7) is 2.69. The zero-order valence-corrected chi connectivity index (χ0v) is 20.3. The molecule has 2 aliphatic heterocycles. The van der Waals surface area contributed by atoms with Crippen molar-refractivity contribution < 1.29 is 27.8 Å². The van der Waals surface area contributed by atoms with Crippen molar-refractivity contribution in [3.05, 3.63) is 99.0 Å². The number of ketones is 1. The third-order valence-corrected chi connectivity index (χ3v) is 6.82. The highest BCUT2D eigenvalue weighted by atomic mass is 19.1. The molecule has 0 saturated carbocycles. The molecule has 0 unspecified atom stereocenters. The molecule has 1 fully saturated rings. The standard InChI is InChI=1S/C28H26F2N2O5/c1-17-11-12-36-24-15-31-14-21(23(33)10-8-19-7-9-20(29)13-22(19)30)26(34)27(25(31)28(35)32(17)24)37-16-18-5-3-2-4-6-18/h2-7,9,13-14,17,24H,8,10-12,15-16H2,1H3/t17-,24+/m1/s1. The molecule has 192 valence electrons. The number of amides is 1. The maximum Gasteiger partial charge on any atom is 0.276 e. The van der Waals surface area contributed by atoms with E-state index in [0.717, 1.165) is 17.7 Å². The Hall–Kier alpha value is -3.85. The van der Waals surface area contributed by atoms with Crippen molar-refractivity contribution in [1.29, 1.82) is 0 Å². The molecule has 2 aromatic carbocycles. The monoisotopic (exact) mass is 508 g/mol. The van der Waals surface area contributed by atoms with Gasteiger partial charge in [0.1, 0.15) is 18.2 Å². The van der Waals surface area contributed by atoms with Gasteiger partial charge in [-0.05, 0) is 37.0 Å². The summed E-state index contributed by atoms with van der Waals surface area (Å²) >= 11 is 0. The number of hydrogen-bond donors (Lipinski definition) is 0. The molecule has 1 aromatic heterocycles. The van der Waals surface area contributed by atoms with Gasteiger partial charge in [-0.15, -0.1) is 0 Å². The quantitative estimate of drug-likeness (QED) is 0.449. The van der Waals surface area contributed by atoms with Crippen LogP contribution in [0, 0.1) is 11.6 Å². The highest BCUT2D eigenvalue weighted by molar-refractivity contribution is 6.00. The number of rotatable bonds is 7. The fourth-order valence-corrected chi connectivity index (χ4v) is 4.81. The third-order valence-electron chi connectivity index (χ3n) is 6.82. The Morgan fingerprint density at radius 1 is 1.14 bits per heavy atom. The van der Waals surface area contributed by atoms with E-state index in [-0.39, 0.29) is 54.6 Å². The van der Waals surface area contributed by atoms with Gasteiger partial charge in [0.15, 0.2) is 23.5 Å². The van der Waals surface area contributed by atoms with Gasteiger partial charge in [-0.2, -0.15) is 0 Å². The average Bonchev–Trinajstić information content (AvgIpc) is 2.88. The van der Waals surface area contributed by atoms with Crippen LogP contribution >= 0.6 is 0 Å². The lowest BCUT2D eigenvalue weighted by Gasteiger charge is -2.44. The lowest BCUT2D eigenvalue weighted by atomic mass is 10.0. The van der Waals surface area contributed by atoms with E-state index in [1.165, 1.54) is 12.3 Å². The SMILES string of the molecule is C[C@@H]1CCO[C@H]2Cn3cc(C(=O)CCc4ccc(F)cc4F)c(=O)c(OCc4ccccc4)c3C(=O)N12. The molecular formula is C28H26F2N2O5. The van der Waals surface area contributed by atoms with Crippen molar-refractivity contribution in [2.45, 2.75) is 51.6 Å². The number of pyridine rings is 1. The number of ether oxygens (including phenoxy) is 2. The molecule has 1 saturated heterocycles. The zero-order chi connectivity index (χ0) is 26.1. The number of nitrogens with zero attached hydrogens (tertiary/aromatic N) is 2. The van der Waals surface area contributed by atoms with Crippen LogP contribution in [-0.4, -0.2) is 40.0 Å². The smallest absolute Gasteiger partial charge is 0.276 e. The molecule has 0 aliphatic carbocycles. The van der Waals surface area contributed by atoms with Gasteiger partial charge in [0, 0.05) is 24.7 Å². The Morgan fingerprint density at radius 2 is 1.92 bits per heavy atom. The van der Waals surface area contributed by atoms with Gasteiger partial charge in [-0.3, -0.25) is 14.4 Å². The van der Waals surface area contributed by atoms with Crippen LogP contribution in [0.5, 0.6) is 5.75 Å². The zero-order valence-electron chi connectivity index (χ0n) is 20.3. The van der Waals surface area contributed by atoms with E-state index >= 15 is 0 Å². The van der Waals surface area contributed by atoms with Crippen LogP contribution in [0.2, 0.25) is 0 Å². The summed E-state index contributed by atoms with van der Waals surface area (Å²) in [5, 5.41) is 0. The molecule has 2 atom stereocenters. The van der Waals surface area contributed by atoms with Crippen LogP contribution in [0.4, 0.5) is 8.78 Å². The second-order valence-corrected chi connectivity index (χ2v) is 9.31. The van der Waals surface area contributed by atoms with Crippen LogP contribution in [0.15, 0.2) is 59.5 Å². The number of carbonyl (C=O) groups excluding carboxylic acids is 2. The van der Waals surface area contributed by atoms with E-state index in [4.69, 9.17) is 9.47 Å². The third kappa shape index (κ3) is 4.91. The van der Waals surface area contributed by atoms with Gasteiger partial charge in [-0.25, -0.2) is 8.78 Å². The van der Waals surface area contributed by atoms with Crippen LogP contribution in [0.1, 0.15) is 51.7 Å². The van der Waals surface area contributed by atoms with Gasteiger partial charge in [0.2, 0.25) is 5.43 Å². The molecular weight excluding hydrogens is 482 g/mol. The molecule has 2 aliphatic rings. The molecule has 0 bridgehead atoms. The van der Waals surface area contributed by atoms with E-state index in [2.05, 4.69) is 0 Å². The normalized spacial score (nSPS) is 18.8. The Morgan fingerprint density at radius 3 is 2.68 bits per heavy atom. The Bertz CT molecular complexity index is 1410. The second kappa shape index (κ2) is 10.3. The first-order valence-electron chi connectivity index (χ1n) is 12.2. The Labute approximate surface area is 212 Å². The molecule has 0 N–H and O–H groups in total. The summed E-state index contributed by atoms with van der Waals surface area (Å²) in [5.74, 6) is -2.57. The van der Waals surface area contributed by atoms with Crippen LogP contribution in [0.3, 0.4) is 0 Å². The van der Waals surface area contributed by atoms with E-state index in [1.54, 1.807) is 9.47 Å². The van der Waals surface area contributed by atoms with Gasteiger partial charge in [0.05, 0.1) is 18.7 Å². The lowest BCUT2D eigenvalue weighted by Crippen LogP contribution is -2.57. The molecule has 0 radical (unpaired) electrons. The fraction of sp³-hybridized carbons (Fsp3) is 0.321. The minimum Gasteiger partial charge on any atom is -0.483 e. The van der Waals surface area contributed by atoms with E-state index in [0.29, 0.717) is 13.0 Å². The largest absolute Gasteiger partial charge is 0.483 e. The summed E-state index contributed by atoms with van der Waals surface area (Å²) in [4.78, 5) is 41.9. The number of Topliss-reactive ketones (excluding diaryl/α,β-unsaturated/α-hetero) is 1. The fourth-order valence-electron chi connectivity index (χ4n) is 4.81. The Balaban J connectivity index is 1.50. The summed E-state index contributed by atoms with van der Waals surface area (Å²) < 4.78 is 40.6. The van der Waals surface area contributed by atoms with Gasteiger partial charge >= 0.3 is 0 Å². The molecule has 7 nitrogen and oxygen atoms in total. The van der Waals surface area contributed by atoms with Gasteiger partial charge in [-0.1, -0.05) is 36.4 Å². The van der Waals surface area contributed by atoms with Crippen molar-refractivity contribution in [3.63, 3.8) is 0 Å². The number of benzene rings is 2. The van der Waals surface area contributed by atoms with Gasteiger partial charge < -0.3 is 18.9 Å². The minimum absolute atomic E-state index is 0.0116. The molecule has 0 spiro atoms. The van der Waals surface area contributed by atoms with Crippen LogP contribution < -0.4 is 10.2 Å². The topological polar surface area (TPSA) is 77.8 Å². The maximum atomic E-state index is 14.1. The summed E-state index contributed by atoms with van der Waals surface area (Å²) in [6, 6.07) is 12.2. The van der Waals surface area contributed by atoms with Crippen molar-refractivity contribution in [2.75, 3.05) is 6.61 Å². The van der Waals surface area contributed by atoms with Crippen molar-refractivity contribution in [1.82, 2.24) is 9.47 Å². The molecule has 3 heterocycles. The highest BCUT2D eigenvalue weighted by Crippen LogP contribution is 2.30. The first-order valence-corrected chi connectivity index (χ1v) is 12.2. The van der Waals surface area contributed by atoms with E-state index in [9.17, 15) is 23.2 Å². The first kappa shape index (κ1) is 24.8. The molecule has 3 aromatic rings. The first-order chi connectivity index (χ1) is 17.8. The highest BCUT2D eigenvalue weighted by Gasteiger charge is 2.41. The number of carbonyl (C=O) groups is 2. The van der Waals surface area contributed by atoms with Crippen LogP contribution in [0.25, 0.3) is 0 Å². The molecule has 5 rings (SSSR count). The Kier molecular flexibility index (Phi) is 6.88. The van der Waals surface area contributed by atoms with E-state index < -0.39 is 35.0 Å². The summed E-state index contributed by atoms with van der Waals surface area (Å²) in [6.07, 6.45) is 1.33. The maximum absolute atomic E-state index is 14.1. The molecule has 1 amide bonds. The second-order valence-electron chi connectivity index (χ2n) is 9.31. The summed E-state index contributed by atoms with van der Waals surface area (Å²) in [5.41, 5.74) is 0.197. The average molecular weight is 509 g/mol. The predicted octanol–water partition coefficient (Wildman–Crippen LogP) is 4.11. The molecule has 9 heteroatoms. The van der Waals surface area contributed by atoms with Crippen molar-refractivity contribution in [3.8, 4) is 5.75 Å². The predicted molar refractivity (Wildman–Crippen MR) is 130 cm³/mol. The number of fused-ring (bicyclic) bond motifs is 2. The number of halogens is 2.